The number of halogens is 1. The first-order valence-electron chi connectivity index (χ1n) is 6.69. The molecular weight excluding hydrogens is 352 g/mol. The lowest BCUT2D eigenvalue weighted by Gasteiger charge is -2.11. The Labute approximate surface area is 147 Å². The number of carbonyl (C=O) groups is 1. The Morgan fingerprint density at radius 1 is 1.17 bits per heavy atom. The second kappa shape index (κ2) is 6.99. The minimum absolute atomic E-state index is 0.174. The zero-order valence-electron chi connectivity index (χ0n) is 11.7. The monoisotopic (exact) mass is 362 g/mol. The molecule has 5 nitrogen and oxygen atoms in total. The Morgan fingerprint density at radius 2 is 1.96 bits per heavy atom. The summed E-state index contributed by atoms with van der Waals surface area (Å²) < 4.78 is 8.34. The van der Waals surface area contributed by atoms with Gasteiger partial charge in [0, 0.05) is 0 Å². The van der Waals surface area contributed by atoms with Crippen molar-refractivity contribution in [2.24, 2.45) is 0 Å². The number of hydrogen-bond acceptors (Lipinski definition) is 5. The average molecular weight is 363 g/mol. The molecule has 1 heterocycles. The predicted molar refractivity (Wildman–Crippen MR) is 96.9 cm³/mol. The number of hydrogen-bond donors (Lipinski definition) is 2. The van der Waals surface area contributed by atoms with E-state index in [0.717, 1.165) is 22.8 Å². The van der Waals surface area contributed by atoms with Crippen LogP contribution in [0.2, 0.25) is 5.02 Å². The van der Waals surface area contributed by atoms with Gasteiger partial charge in [0.1, 0.15) is 11.0 Å². The summed E-state index contributed by atoms with van der Waals surface area (Å²) in [5.74, 6) is -0.201. The van der Waals surface area contributed by atoms with Crippen molar-refractivity contribution in [2.45, 2.75) is 6.42 Å². The Kier molecular flexibility index (Phi) is 4.80. The fourth-order valence-corrected chi connectivity index (χ4v) is 3.00. The molecule has 1 aromatic heterocycles. The van der Waals surface area contributed by atoms with Crippen LogP contribution in [0, 0.1) is 0 Å². The van der Waals surface area contributed by atoms with Crippen molar-refractivity contribution in [3.05, 3.63) is 53.1 Å². The third kappa shape index (κ3) is 3.82. The molecule has 0 spiro atoms. The summed E-state index contributed by atoms with van der Waals surface area (Å²) >= 11 is 12.4. The molecule has 2 aromatic carbocycles. The number of amides is 1. The van der Waals surface area contributed by atoms with Gasteiger partial charge in [0.15, 0.2) is 5.11 Å². The maximum Gasteiger partial charge on any atom is 0.230 e. The lowest BCUT2D eigenvalue weighted by molar-refractivity contribution is -0.119. The Bertz CT molecular complexity index is 866. The van der Waals surface area contributed by atoms with E-state index < -0.39 is 0 Å². The highest BCUT2D eigenvalue weighted by Gasteiger charge is 2.12. The molecular formula is C15H11ClN4OS2. The number of thiocarbonyl (C=S) groups is 1. The molecule has 0 unspecified atom stereocenters. The van der Waals surface area contributed by atoms with Crippen molar-refractivity contribution in [1.82, 2.24) is 14.1 Å². The fourth-order valence-electron chi connectivity index (χ4n) is 2.04. The molecule has 3 aromatic rings. The van der Waals surface area contributed by atoms with Crippen molar-refractivity contribution < 1.29 is 4.79 Å². The summed E-state index contributed by atoms with van der Waals surface area (Å²) in [6.07, 6.45) is 0.249. The van der Waals surface area contributed by atoms with Crippen molar-refractivity contribution in [3.63, 3.8) is 0 Å². The number of aromatic nitrogens is 2. The van der Waals surface area contributed by atoms with E-state index in [0.29, 0.717) is 16.2 Å². The van der Waals surface area contributed by atoms with Gasteiger partial charge in [-0.15, -0.1) is 0 Å². The van der Waals surface area contributed by atoms with E-state index in [1.165, 1.54) is 0 Å². The first-order valence-corrected chi connectivity index (χ1v) is 8.20. The van der Waals surface area contributed by atoms with E-state index in [9.17, 15) is 4.79 Å². The second-order valence-corrected chi connectivity index (χ2v) is 6.06. The average Bonchev–Trinajstić information content (AvgIpc) is 3.00. The topological polar surface area (TPSA) is 66.9 Å². The molecule has 0 saturated carbocycles. The molecule has 116 valence electrons. The molecule has 2 N–H and O–H groups in total. The van der Waals surface area contributed by atoms with E-state index in [1.54, 1.807) is 12.1 Å². The summed E-state index contributed by atoms with van der Waals surface area (Å²) in [5, 5.41) is 6.20. The van der Waals surface area contributed by atoms with Crippen molar-refractivity contribution in [2.75, 3.05) is 5.32 Å². The number of benzene rings is 2. The van der Waals surface area contributed by atoms with Crippen molar-refractivity contribution in [3.8, 4) is 0 Å². The molecule has 0 fully saturated rings. The molecule has 0 bridgehead atoms. The minimum atomic E-state index is -0.201. The molecule has 1 amide bonds. The molecule has 0 aliphatic heterocycles. The molecule has 0 saturated heterocycles. The van der Waals surface area contributed by atoms with Crippen molar-refractivity contribution >= 4 is 63.3 Å². The predicted octanol–water partition coefficient (Wildman–Crippen LogP) is 3.40. The molecule has 0 aliphatic rings. The van der Waals surface area contributed by atoms with Crippen LogP contribution in [0.1, 0.15) is 5.56 Å². The largest absolute Gasteiger partial charge is 0.329 e. The number of carbonyl (C=O) groups excluding carboxylic acids is 1. The van der Waals surface area contributed by atoms with Crippen LogP contribution in [0.4, 0.5) is 5.69 Å². The molecule has 23 heavy (non-hydrogen) atoms. The van der Waals surface area contributed by atoms with Crippen LogP contribution in [0.15, 0.2) is 42.5 Å². The first-order chi connectivity index (χ1) is 11.1. The number of nitrogens with one attached hydrogen (secondary N) is 2. The van der Waals surface area contributed by atoms with Crippen LogP contribution < -0.4 is 10.6 Å². The summed E-state index contributed by atoms with van der Waals surface area (Å²) in [6, 6.07) is 12.9. The summed E-state index contributed by atoms with van der Waals surface area (Å²) in [6.45, 7) is 0. The third-order valence-electron chi connectivity index (χ3n) is 3.08. The smallest absolute Gasteiger partial charge is 0.230 e. The minimum Gasteiger partial charge on any atom is -0.329 e. The number of nitrogens with zero attached hydrogens (tertiary/aromatic N) is 2. The lowest BCUT2D eigenvalue weighted by atomic mass is 10.1. The highest BCUT2D eigenvalue weighted by Crippen LogP contribution is 2.29. The summed E-state index contributed by atoms with van der Waals surface area (Å²) in [5.41, 5.74) is 2.81. The molecule has 0 atom stereocenters. The van der Waals surface area contributed by atoms with Crippen LogP contribution in [-0.4, -0.2) is 19.8 Å². The molecule has 0 radical (unpaired) electrons. The number of rotatable bonds is 3. The SMILES string of the molecule is O=C(Cc1ccccc1)NC(=S)Nc1c(Cl)ccc2nsnc12. The van der Waals surface area contributed by atoms with Gasteiger partial charge in [-0.25, -0.2) is 0 Å². The van der Waals surface area contributed by atoms with Crippen LogP contribution >= 0.6 is 35.5 Å². The van der Waals surface area contributed by atoms with E-state index in [1.807, 2.05) is 30.3 Å². The van der Waals surface area contributed by atoms with Crippen LogP contribution in [0.3, 0.4) is 0 Å². The van der Waals surface area contributed by atoms with Gasteiger partial charge in [-0.3, -0.25) is 4.79 Å². The van der Waals surface area contributed by atoms with E-state index >= 15 is 0 Å². The zero-order chi connectivity index (χ0) is 16.2. The zero-order valence-corrected chi connectivity index (χ0v) is 14.1. The molecule has 8 heteroatoms. The Morgan fingerprint density at radius 3 is 2.74 bits per heavy atom. The van der Waals surface area contributed by atoms with E-state index in [-0.39, 0.29) is 17.4 Å². The van der Waals surface area contributed by atoms with Crippen LogP contribution in [0.25, 0.3) is 11.0 Å². The first kappa shape index (κ1) is 15.8. The second-order valence-electron chi connectivity index (χ2n) is 4.72. The van der Waals surface area contributed by atoms with Crippen molar-refractivity contribution in [1.29, 1.82) is 0 Å². The summed E-state index contributed by atoms with van der Waals surface area (Å²) in [4.78, 5) is 12.0. The normalized spacial score (nSPS) is 10.5. The van der Waals surface area contributed by atoms with Gasteiger partial charge in [-0.05, 0) is 29.9 Å². The van der Waals surface area contributed by atoms with Gasteiger partial charge in [0.25, 0.3) is 0 Å². The Hall–Kier alpha value is -2.09. The van der Waals surface area contributed by atoms with E-state index in [2.05, 4.69) is 19.4 Å². The van der Waals surface area contributed by atoms with Crippen LogP contribution in [0.5, 0.6) is 0 Å². The lowest BCUT2D eigenvalue weighted by Crippen LogP contribution is -2.35. The molecule has 0 aliphatic carbocycles. The van der Waals surface area contributed by atoms with Gasteiger partial charge < -0.3 is 10.6 Å². The number of fused-ring (bicyclic) bond motifs is 1. The third-order valence-corrected chi connectivity index (χ3v) is 4.14. The maximum absolute atomic E-state index is 12.0. The van der Waals surface area contributed by atoms with Gasteiger partial charge in [0.05, 0.1) is 28.9 Å². The summed E-state index contributed by atoms with van der Waals surface area (Å²) in [7, 11) is 0. The highest BCUT2D eigenvalue weighted by molar-refractivity contribution is 7.80. The highest BCUT2D eigenvalue weighted by atomic mass is 35.5. The Balaban J connectivity index is 1.68. The fraction of sp³-hybridized carbons (Fsp3) is 0.0667. The van der Waals surface area contributed by atoms with E-state index in [4.69, 9.17) is 23.8 Å². The van der Waals surface area contributed by atoms with Gasteiger partial charge in [0.2, 0.25) is 5.91 Å². The number of anilines is 1. The van der Waals surface area contributed by atoms with Gasteiger partial charge >= 0.3 is 0 Å². The quantitative estimate of drug-likeness (QED) is 0.699. The van der Waals surface area contributed by atoms with Gasteiger partial charge in [-0.1, -0.05) is 41.9 Å². The standard InChI is InChI=1S/C15H11ClN4OS2/c16-10-6-7-11-14(20-23-19-11)13(10)18-15(22)17-12(21)8-9-4-2-1-3-5-9/h1-7H,8H2,(H2,17,18,21,22). The molecule has 3 rings (SSSR count). The van der Waals surface area contributed by atoms with Gasteiger partial charge in [-0.2, -0.15) is 8.75 Å². The van der Waals surface area contributed by atoms with Crippen LogP contribution in [-0.2, 0) is 11.2 Å². The maximum atomic E-state index is 12.0.